The minimum atomic E-state index is -0.557. The van der Waals surface area contributed by atoms with Crippen molar-refractivity contribution < 1.29 is 18.8 Å². The van der Waals surface area contributed by atoms with Crippen molar-refractivity contribution in [2.45, 2.75) is 38.5 Å². The van der Waals surface area contributed by atoms with Crippen LogP contribution in [0.2, 0.25) is 0 Å². The lowest BCUT2D eigenvalue weighted by Gasteiger charge is -2.17. The number of hydrogen-bond donors (Lipinski definition) is 0. The molecule has 0 bridgehead atoms. The van der Waals surface area contributed by atoms with E-state index in [0.29, 0.717) is 42.5 Å². The number of carbonyl (C=O) groups is 2. The third-order valence-electron chi connectivity index (χ3n) is 5.11. The summed E-state index contributed by atoms with van der Waals surface area (Å²) in [5.41, 5.74) is 3.33. The summed E-state index contributed by atoms with van der Waals surface area (Å²) in [4.78, 5) is 31.6. The maximum atomic E-state index is 14.7. The van der Waals surface area contributed by atoms with Gasteiger partial charge >= 0.3 is 0 Å². The molecule has 2 amide bonds. The molecule has 0 spiro atoms. The fraction of sp³-hybridized carbons (Fsp3) is 0.350. The first kappa shape index (κ1) is 16.7. The van der Waals surface area contributed by atoms with Crippen LogP contribution >= 0.6 is 0 Å². The number of rotatable bonds is 4. The minimum Gasteiger partial charge on any atom is -0.391 e. The molecule has 0 N–H and O–H groups in total. The third kappa shape index (κ3) is 2.57. The average Bonchev–Trinajstić information content (AvgIpc) is 3.14. The topological polar surface area (TPSA) is 59.0 Å². The number of nitrogens with zero attached hydrogens (tertiary/aromatic N) is 2. The molecule has 5 nitrogen and oxygen atoms in total. The molecule has 0 fully saturated rings. The van der Waals surface area contributed by atoms with Crippen LogP contribution in [0, 0.1) is 5.82 Å². The van der Waals surface area contributed by atoms with Gasteiger partial charge in [0.15, 0.2) is 0 Å². The predicted octanol–water partition coefficient (Wildman–Crippen LogP) is 3.42. The van der Waals surface area contributed by atoms with Gasteiger partial charge in [-0.15, -0.1) is 0 Å². The van der Waals surface area contributed by atoms with Gasteiger partial charge in [0.25, 0.3) is 11.8 Å². The zero-order valence-electron chi connectivity index (χ0n) is 14.4. The number of anilines is 1. The molecule has 3 aliphatic rings. The first-order chi connectivity index (χ1) is 12.6. The van der Waals surface area contributed by atoms with E-state index in [9.17, 15) is 14.0 Å². The van der Waals surface area contributed by atoms with E-state index in [1.807, 2.05) is 0 Å². The molecule has 0 saturated carbocycles. The van der Waals surface area contributed by atoms with Gasteiger partial charge in [0.05, 0.1) is 11.4 Å². The molecular formula is C20H19FN2O3. The Hall–Kier alpha value is -2.76. The van der Waals surface area contributed by atoms with Crippen molar-refractivity contribution in [1.82, 2.24) is 0 Å². The van der Waals surface area contributed by atoms with Gasteiger partial charge in [-0.25, -0.2) is 9.29 Å². The highest BCUT2D eigenvalue weighted by Crippen LogP contribution is 2.38. The monoisotopic (exact) mass is 354 g/mol. The zero-order valence-corrected chi connectivity index (χ0v) is 14.4. The first-order valence-corrected chi connectivity index (χ1v) is 8.85. The molecule has 1 aliphatic heterocycles. The summed E-state index contributed by atoms with van der Waals surface area (Å²) in [5, 5.41) is 4.09. The summed E-state index contributed by atoms with van der Waals surface area (Å²) in [6, 6.07) is 2.96. The van der Waals surface area contributed by atoms with E-state index in [1.54, 1.807) is 12.1 Å². The number of carbonyl (C=O) groups excluding carboxylic acids is 2. The van der Waals surface area contributed by atoms with Crippen LogP contribution in [0.1, 0.15) is 43.2 Å². The average molecular weight is 354 g/mol. The molecule has 0 saturated heterocycles. The quantitative estimate of drug-likeness (QED) is 0.360. The van der Waals surface area contributed by atoms with Crippen molar-refractivity contribution in [1.29, 1.82) is 0 Å². The Morgan fingerprint density at radius 1 is 1.12 bits per heavy atom. The van der Waals surface area contributed by atoms with Gasteiger partial charge in [-0.1, -0.05) is 17.8 Å². The number of aryl methyl sites for hydroxylation is 1. The third-order valence-corrected chi connectivity index (χ3v) is 5.11. The van der Waals surface area contributed by atoms with Crippen molar-refractivity contribution in [2.24, 2.45) is 5.16 Å². The van der Waals surface area contributed by atoms with E-state index in [0.717, 1.165) is 28.9 Å². The number of hydrogen-bond acceptors (Lipinski definition) is 4. The minimum absolute atomic E-state index is 0.00599. The van der Waals surface area contributed by atoms with Crippen LogP contribution in [-0.4, -0.2) is 24.1 Å². The van der Waals surface area contributed by atoms with Gasteiger partial charge < -0.3 is 4.84 Å². The summed E-state index contributed by atoms with van der Waals surface area (Å²) >= 11 is 0. The Morgan fingerprint density at radius 2 is 1.81 bits per heavy atom. The zero-order chi connectivity index (χ0) is 18.3. The van der Waals surface area contributed by atoms with Crippen LogP contribution in [0.3, 0.4) is 0 Å². The van der Waals surface area contributed by atoms with Crippen molar-refractivity contribution in [3.8, 4) is 0 Å². The van der Waals surface area contributed by atoms with Crippen LogP contribution in [0.15, 0.2) is 41.1 Å². The Labute approximate surface area is 150 Å². The highest BCUT2D eigenvalue weighted by atomic mass is 19.1. The molecule has 0 aromatic heterocycles. The molecule has 0 radical (unpaired) electrons. The SMILES string of the molecule is C=CCO/N=C1\CCc2cc(F)c(N3C(=O)C4=C(CCCC4)C3=O)cc21. The lowest BCUT2D eigenvalue weighted by atomic mass is 9.93. The summed E-state index contributed by atoms with van der Waals surface area (Å²) in [7, 11) is 0. The Bertz CT molecular complexity index is 857. The van der Waals surface area contributed by atoms with Gasteiger partial charge in [-0.3, -0.25) is 9.59 Å². The molecule has 1 aromatic carbocycles. The Kier molecular flexibility index (Phi) is 4.18. The standard InChI is InChI=1S/C20H19FN2O3/c1-2-9-26-22-17-8-7-12-10-16(21)18(11-15(12)17)23-19(24)13-5-3-4-6-14(13)20(23)25/h2,10-11H,1,3-9H2/b22-17+. The summed E-state index contributed by atoms with van der Waals surface area (Å²) in [6.07, 6.45) is 5.82. The number of oxime groups is 1. The fourth-order valence-corrected chi connectivity index (χ4v) is 3.86. The van der Waals surface area contributed by atoms with E-state index in [1.165, 1.54) is 6.07 Å². The van der Waals surface area contributed by atoms with Crippen molar-refractivity contribution in [2.75, 3.05) is 11.5 Å². The molecular weight excluding hydrogens is 335 g/mol. The van der Waals surface area contributed by atoms with E-state index in [4.69, 9.17) is 4.84 Å². The molecule has 2 aliphatic carbocycles. The van der Waals surface area contributed by atoms with Crippen molar-refractivity contribution in [3.05, 3.63) is 52.9 Å². The van der Waals surface area contributed by atoms with Crippen LogP contribution in [0.4, 0.5) is 10.1 Å². The van der Waals surface area contributed by atoms with E-state index in [-0.39, 0.29) is 24.1 Å². The lowest BCUT2D eigenvalue weighted by Crippen LogP contribution is -2.32. The molecule has 0 unspecified atom stereocenters. The molecule has 134 valence electrons. The normalized spacial score (nSPS) is 20.7. The number of fused-ring (bicyclic) bond motifs is 1. The molecule has 0 atom stereocenters. The highest BCUT2D eigenvalue weighted by Gasteiger charge is 2.41. The van der Waals surface area contributed by atoms with Crippen LogP contribution in [-0.2, 0) is 20.8 Å². The molecule has 6 heteroatoms. The summed E-state index contributed by atoms with van der Waals surface area (Å²) in [6.45, 7) is 3.85. The van der Waals surface area contributed by atoms with Gasteiger partial charge in [0.1, 0.15) is 12.4 Å². The van der Waals surface area contributed by atoms with Gasteiger partial charge in [-0.05, 0) is 56.2 Å². The second-order valence-corrected chi connectivity index (χ2v) is 6.69. The van der Waals surface area contributed by atoms with Crippen molar-refractivity contribution in [3.63, 3.8) is 0 Å². The highest BCUT2D eigenvalue weighted by molar-refractivity contribution is 6.33. The van der Waals surface area contributed by atoms with E-state index in [2.05, 4.69) is 11.7 Å². The summed E-state index contributed by atoms with van der Waals surface area (Å²) < 4.78 is 14.7. The van der Waals surface area contributed by atoms with E-state index >= 15 is 0 Å². The number of amides is 2. The second-order valence-electron chi connectivity index (χ2n) is 6.69. The van der Waals surface area contributed by atoms with Gasteiger partial charge in [0, 0.05) is 16.7 Å². The summed E-state index contributed by atoms with van der Waals surface area (Å²) in [5.74, 6) is -1.33. The molecule has 26 heavy (non-hydrogen) atoms. The predicted molar refractivity (Wildman–Crippen MR) is 95.4 cm³/mol. The molecule has 1 heterocycles. The Balaban J connectivity index is 1.72. The fourth-order valence-electron chi connectivity index (χ4n) is 3.86. The number of imide groups is 1. The van der Waals surface area contributed by atoms with Crippen LogP contribution < -0.4 is 4.90 Å². The van der Waals surface area contributed by atoms with E-state index < -0.39 is 5.82 Å². The maximum Gasteiger partial charge on any atom is 0.261 e. The van der Waals surface area contributed by atoms with Gasteiger partial charge in [-0.2, -0.15) is 0 Å². The smallest absolute Gasteiger partial charge is 0.261 e. The lowest BCUT2D eigenvalue weighted by molar-refractivity contribution is -0.120. The molecule has 1 aromatic rings. The van der Waals surface area contributed by atoms with Crippen LogP contribution in [0.5, 0.6) is 0 Å². The first-order valence-electron chi connectivity index (χ1n) is 8.85. The van der Waals surface area contributed by atoms with Crippen LogP contribution in [0.25, 0.3) is 0 Å². The number of benzene rings is 1. The maximum absolute atomic E-state index is 14.7. The van der Waals surface area contributed by atoms with Gasteiger partial charge in [0.2, 0.25) is 0 Å². The largest absolute Gasteiger partial charge is 0.391 e. The Morgan fingerprint density at radius 3 is 2.46 bits per heavy atom. The number of halogens is 1. The van der Waals surface area contributed by atoms with Crippen molar-refractivity contribution >= 4 is 23.2 Å². The molecule has 4 rings (SSSR count). The second kappa shape index (κ2) is 6.52.